The Hall–Kier alpha value is -5.77. The average molecular weight is 762 g/mol. The number of anilines is 4. The number of likely N-dealkylation sites (N-methyl/N-ethyl adjacent to an activating group) is 1. The molecule has 2 aromatic carbocycles. The largest absolute Gasteiger partial charge is 0.372 e. The van der Waals surface area contributed by atoms with Gasteiger partial charge in [-0.15, -0.1) is 0 Å². The topological polar surface area (TPSA) is 186 Å². The highest BCUT2D eigenvalue weighted by molar-refractivity contribution is 6.02. The molecule has 7 heterocycles. The molecule has 2 aromatic heterocycles. The van der Waals surface area contributed by atoms with Crippen LogP contribution in [0, 0.1) is 5.92 Å². The predicted octanol–water partition coefficient (Wildman–Crippen LogP) is 3.55. The van der Waals surface area contributed by atoms with Gasteiger partial charge in [0.15, 0.2) is 17.1 Å². The Labute approximate surface area is 324 Å². The molecule has 0 aliphatic carbocycles. The van der Waals surface area contributed by atoms with Crippen molar-refractivity contribution < 1.29 is 23.7 Å². The number of aromatic nitrogens is 3. The second kappa shape index (κ2) is 14.7. The number of nitrogens with one attached hydrogen (secondary N) is 2. The van der Waals surface area contributed by atoms with Crippen LogP contribution in [-0.2, 0) is 22.7 Å². The summed E-state index contributed by atoms with van der Waals surface area (Å²) in [6, 6.07) is 12.5. The molecule has 0 bridgehead atoms. The Morgan fingerprint density at radius 1 is 0.964 bits per heavy atom. The maximum atomic E-state index is 12.7. The van der Waals surface area contributed by atoms with Crippen molar-refractivity contribution in [3.63, 3.8) is 0 Å². The van der Waals surface area contributed by atoms with Crippen molar-refractivity contribution in [3.05, 3.63) is 65.1 Å². The smallest absolute Gasteiger partial charge is 0.320 e. The number of benzene rings is 2. The number of hydrogen-bond donors (Lipinski definition) is 3. The predicted molar refractivity (Wildman–Crippen MR) is 208 cm³/mol. The van der Waals surface area contributed by atoms with Crippen molar-refractivity contribution >= 4 is 57.7 Å². The number of carbonyl (C=O) groups is 4. The van der Waals surface area contributed by atoms with Gasteiger partial charge in [-0.1, -0.05) is 5.16 Å². The number of amides is 5. The number of nitrogens with zero attached hydrogens (tertiary/aromatic N) is 8. The number of piperidine rings is 3. The molecule has 2 atom stereocenters. The minimum atomic E-state index is -0.655. The minimum absolute atomic E-state index is 0.0660. The molecular formula is C40H47N11O5. The van der Waals surface area contributed by atoms with Gasteiger partial charge in [-0.05, 0) is 85.5 Å². The number of carbonyl (C=O) groups excluding carboxylic acids is 4. The lowest BCUT2D eigenvalue weighted by Gasteiger charge is -2.37. The van der Waals surface area contributed by atoms with Gasteiger partial charge in [0.2, 0.25) is 11.8 Å². The third-order valence-corrected chi connectivity index (χ3v) is 12.2. The van der Waals surface area contributed by atoms with E-state index in [1.807, 2.05) is 24.1 Å². The molecular weight excluding hydrogens is 715 g/mol. The van der Waals surface area contributed by atoms with Crippen LogP contribution in [0.5, 0.6) is 0 Å². The lowest BCUT2D eigenvalue weighted by atomic mass is 9.92. The summed E-state index contributed by atoms with van der Waals surface area (Å²) in [5.74, 6) is -0.137. The molecule has 5 amide bonds. The summed E-state index contributed by atoms with van der Waals surface area (Å²) in [7, 11) is 1.84. The third-order valence-electron chi connectivity index (χ3n) is 12.2. The van der Waals surface area contributed by atoms with E-state index < -0.39 is 11.8 Å². The van der Waals surface area contributed by atoms with E-state index in [1.165, 1.54) is 11.1 Å². The van der Waals surface area contributed by atoms with Crippen molar-refractivity contribution in [1.29, 1.82) is 0 Å². The summed E-state index contributed by atoms with van der Waals surface area (Å²) in [5.41, 5.74) is 11.5. The van der Waals surface area contributed by atoms with Crippen LogP contribution in [0.15, 0.2) is 47.1 Å². The van der Waals surface area contributed by atoms with E-state index >= 15 is 0 Å². The summed E-state index contributed by atoms with van der Waals surface area (Å²) >= 11 is 0. The van der Waals surface area contributed by atoms with Gasteiger partial charge in [0.1, 0.15) is 11.5 Å². The van der Waals surface area contributed by atoms with Crippen LogP contribution in [0.4, 0.5) is 27.8 Å². The lowest BCUT2D eigenvalue weighted by Crippen LogP contribution is -2.49. The van der Waals surface area contributed by atoms with Crippen LogP contribution >= 0.6 is 0 Å². The molecule has 4 saturated heterocycles. The van der Waals surface area contributed by atoms with Crippen LogP contribution in [0.3, 0.4) is 0 Å². The third kappa shape index (κ3) is 6.97. The minimum Gasteiger partial charge on any atom is -0.372 e. The standard InChI is InChI=1S/C40H47N11O5/c1-47-15-16-51(40(47)55)29-3-2-12-50(23-29)33-19-42-36(37(41)53)38(44-33)43-27-4-6-28(7-5-27)49-13-10-24(11-14-49)20-48-21-25-17-31-32(18-26(25)22-48)56-46-35(31)30-8-9-34(52)45-39(30)54/h4-7,17-19,24,29-30H,2-3,8-16,20-23H2,1H3,(H2,41,53)(H,43,44)(H,45,52,54)/t29-,30?/m1/s1. The summed E-state index contributed by atoms with van der Waals surface area (Å²) in [5, 5.41) is 10.8. The second-order valence-electron chi connectivity index (χ2n) is 15.9. The number of primary amides is 1. The molecule has 9 rings (SSSR count). The number of hydrogen-bond acceptors (Lipinski definition) is 12. The molecule has 0 spiro atoms. The van der Waals surface area contributed by atoms with Crippen molar-refractivity contribution in [2.75, 3.05) is 68.0 Å². The molecule has 56 heavy (non-hydrogen) atoms. The summed E-state index contributed by atoms with van der Waals surface area (Å²) in [6.45, 7) is 7.54. The van der Waals surface area contributed by atoms with E-state index in [0.717, 1.165) is 94.8 Å². The number of urea groups is 1. The highest BCUT2D eigenvalue weighted by atomic mass is 16.5. The summed E-state index contributed by atoms with van der Waals surface area (Å²) in [4.78, 5) is 69.2. The van der Waals surface area contributed by atoms with Gasteiger partial charge in [-0.2, -0.15) is 0 Å². The first kappa shape index (κ1) is 35.9. The molecule has 4 N–H and O–H groups in total. The maximum Gasteiger partial charge on any atom is 0.320 e. The number of rotatable bonds is 9. The molecule has 0 saturated carbocycles. The molecule has 16 heteroatoms. The molecule has 4 aromatic rings. The Kier molecular flexibility index (Phi) is 9.43. The van der Waals surface area contributed by atoms with Gasteiger partial charge in [0, 0.05) is 89.1 Å². The zero-order valence-corrected chi connectivity index (χ0v) is 31.6. The highest BCUT2D eigenvalue weighted by Gasteiger charge is 2.36. The van der Waals surface area contributed by atoms with Gasteiger partial charge in [0.05, 0.1) is 18.2 Å². The van der Waals surface area contributed by atoms with Crippen LogP contribution in [0.2, 0.25) is 0 Å². The van der Waals surface area contributed by atoms with Gasteiger partial charge < -0.3 is 35.2 Å². The molecule has 5 aliphatic rings. The molecule has 1 unspecified atom stereocenters. The van der Waals surface area contributed by atoms with E-state index in [-0.39, 0.29) is 29.6 Å². The van der Waals surface area contributed by atoms with E-state index in [4.69, 9.17) is 15.2 Å². The first-order valence-electron chi connectivity index (χ1n) is 19.7. The van der Waals surface area contributed by atoms with E-state index in [1.54, 1.807) is 11.1 Å². The fourth-order valence-electron chi connectivity index (χ4n) is 9.11. The first-order valence-corrected chi connectivity index (χ1v) is 19.7. The number of imide groups is 1. The summed E-state index contributed by atoms with van der Waals surface area (Å²) in [6.07, 6.45) is 6.38. The first-order chi connectivity index (χ1) is 27.2. The average Bonchev–Trinajstić information content (AvgIpc) is 3.89. The van der Waals surface area contributed by atoms with Crippen LogP contribution in [-0.4, -0.2) is 112 Å². The second-order valence-corrected chi connectivity index (χ2v) is 15.9. The molecule has 0 radical (unpaired) electrons. The number of fused-ring (bicyclic) bond motifs is 2. The van der Waals surface area contributed by atoms with Crippen molar-refractivity contribution in [1.82, 2.24) is 35.1 Å². The van der Waals surface area contributed by atoms with Crippen molar-refractivity contribution in [2.45, 2.75) is 63.6 Å². The maximum absolute atomic E-state index is 12.7. The summed E-state index contributed by atoms with van der Waals surface area (Å²) < 4.78 is 5.66. The lowest BCUT2D eigenvalue weighted by molar-refractivity contribution is -0.134. The van der Waals surface area contributed by atoms with Gasteiger partial charge >= 0.3 is 6.03 Å². The van der Waals surface area contributed by atoms with E-state index in [2.05, 4.69) is 59.7 Å². The zero-order valence-electron chi connectivity index (χ0n) is 31.6. The van der Waals surface area contributed by atoms with Gasteiger partial charge in [-0.25, -0.2) is 14.8 Å². The van der Waals surface area contributed by atoms with E-state index in [0.29, 0.717) is 48.2 Å². The Morgan fingerprint density at radius 3 is 2.48 bits per heavy atom. The molecule has 5 aliphatic heterocycles. The Bertz CT molecular complexity index is 2180. The van der Waals surface area contributed by atoms with Crippen molar-refractivity contribution in [2.24, 2.45) is 11.7 Å². The van der Waals surface area contributed by atoms with Crippen molar-refractivity contribution in [3.8, 4) is 0 Å². The van der Waals surface area contributed by atoms with E-state index in [9.17, 15) is 19.2 Å². The molecule has 4 fully saturated rings. The van der Waals surface area contributed by atoms with Crippen LogP contribution in [0.1, 0.15) is 71.8 Å². The highest BCUT2D eigenvalue weighted by Crippen LogP contribution is 2.36. The monoisotopic (exact) mass is 761 g/mol. The number of nitrogens with two attached hydrogens (primary N) is 1. The normalized spacial score (nSPS) is 22.3. The Morgan fingerprint density at radius 2 is 1.75 bits per heavy atom. The fourth-order valence-corrected chi connectivity index (χ4v) is 9.11. The Balaban J connectivity index is 0.796. The molecule has 292 valence electrons. The molecule has 16 nitrogen and oxygen atoms in total. The quantitative estimate of drug-likeness (QED) is 0.211. The van der Waals surface area contributed by atoms with Crippen LogP contribution in [0.25, 0.3) is 11.0 Å². The SMILES string of the molecule is CN1CCN([C@@H]2CCCN(c3cnc(C(N)=O)c(Nc4ccc(N5CCC(CN6Cc7cc8onc(C9CCC(=O)NC9=O)c8cc7C6)CC5)cc4)n3)C2)C1=O. The van der Waals surface area contributed by atoms with Gasteiger partial charge in [-0.3, -0.25) is 24.6 Å². The fraction of sp³-hybridized carbons (Fsp3) is 0.475. The zero-order chi connectivity index (χ0) is 38.5. The van der Waals surface area contributed by atoms with Crippen LogP contribution < -0.4 is 26.2 Å². The van der Waals surface area contributed by atoms with Gasteiger partial charge in [0.25, 0.3) is 5.91 Å².